The molecule has 0 saturated heterocycles. The first-order valence-electron chi connectivity index (χ1n) is 11.3. The summed E-state index contributed by atoms with van der Waals surface area (Å²) in [5, 5.41) is 14.9. The Balaban J connectivity index is 1.77. The van der Waals surface area contributed by atoms with Gasteiger partial charge >= 0.3 is 0 Å². The van der Waals surface area contributed by atoms with Gasteiger partial charge in [-0.15, -0.1) is 10.2 Å². The second kappa shape index (κ2) is 11.8. The molecule has 180 valence electrons. The van der Waals surface area contributed by atoms with Gasteiger partial charge in [0.15, 0.2) is 11.0 Å². The highest BCUT2D eigenvalue weighted by atomic mass is 32.2. The van der Waals surface area contributed by atoms with E-state index in [0.717, 1.165) is 17.8 Å². The summed E-state index contributed by atoms with van der Waals surface area (Å²) >= 11 is 1.39. The maximum atomic E-state index is 12.9. The smallest absolute Gasteiger partial charge is 0.237 e. The zero-order valence-electron chi connectivity index (χ0n) is 20.3. The standard InChI is InChI=1S/C25H32N6O2S/c1-6-22(30(4)5)23-28-29-25(31(23)16-19-10-8-7-9-11-19)34-17(2)24(33)27-21-14-12-20(13-15-21)26-18(3)32/h7-15,17,22H,6,16H2,1-5H3,(H,26,32)(H,27,33)/t17-,22+/m1/s1. The molecule has 0 fully saturated rings. The summed E-state index contributed by atoms with van der Waals surface area (Å²) in [5.41, 5.74) is 2.49. The molecule has 2 atom stereocenters. The molecule has 0 unspecified atom stereocenters. The van der Waals surface area contributed by atoms with E-state index in [1.54, 1.807) is 24.3 Å². The lowest BCUT2D eigenvalue weighted by atomic mass is 10.2. The molecule has 8 nitrogen and oxygen atoms in total. The van der Waals surface area contributed by atoms with Crippen molar-refractivity contribution in [2.75, 3.05) is 24.7 Å². The van der Waals surface area contributed by atoms with Crippen LogP contribution in [0.4, 0.5) is 11.4 Å². The Morgan fingerprint density at radius 3 is 2.18 bits per heavy atom. The predicted octanol–water partition coefficient (Wildman–Crippen LogP) is 4.42. The number of nitrogens with zero attached hydrogens (tertiary/aromatic N) is 4. The summed E-state index contributed by atoms with van der Waals surface area (Å²) in [6.07, 6.45) is 0.898. The summed E-state index contributed by atoms with van der Waals surface area (Å²) in [5.74, 6) is 0.619. The van der Waals surface area contributed by atoms with Gasteiger partial charge in [0.2, 0.25) is 11.8 Å². The highest BCUT2D eigenvalue weighted by molar-refractivity contribution is 8.00. The minimum Gasteiger partial charge on any atom is -0.326 e. The van der Waals surface area contributed by atoms with Gasteiger partial charge in [0, 0.05) is 18.3 Å². The van der Waals surface area contributed by atoms with E-state index in [1.165, 1.54) is 18.7 Å². The van der Waals surface area contributed by atoms with Crippen LogP contribution < -0.4 is 10.6 Å². The molecule has 9 heteroatoms. The topological polar surface area (TPSA) is 92.1 Å². The Labute approximate surface area is 205 Å². The number of thioether (sulfide) groups is 1. The van der Waals surface area contributed by atoms with Crippen molar-refractivity contribution in [1.82, 2.24) is 19.7 Å². The number of carbonyl (C=O) groups excluding carboxylic acids is 2. The van der Waals surface area contributed by atoms with Gasteiger partial charge in [-0.1, -0.05) is 49.0 Å². The first kappa shape index (κ1) is 25.5. The van der Waals surface area contributed by atoms with Gasteiger partial charge in [0.05, 0.1) is 17.8 Å². The first-order chi connectivity index (χ1) is 16.3. The Kier molecular flexibility index (Phi) is 8.84. The number of hydrogen-bond acceptors (Lipinski definition) is 6. The van der Waals surface area contributed by atoms with Crippen LogP contribution in [0.5, 0.6) is 0 Å². The quantitative estimate of drug-likeness (QED) is 0.418. The fraction of sp³-hybridized carbons (Fsp3) is 0.360. The van der Waals surface area contributed by atoms with Gasteiger partial charge in [-0.2, -0.15) is 0 Å². The largest absolute Gasteiger partial charge is 0.326 e. The fourth-order valence-electron chi connectivity index (χ4n) is 3.62. The van der Waals surface area contributed by atoms with E-state index in [0.29, 0.717) is 23.1 Å². The number of rotatable bonds is 10. The van der Waals surface area contributed by atoms with Gasteiger partial charge < -0.3 is 15.2 Å². The highest BCUT2D eigenvalue weighted by Gasteiger charge is 2.25. The van der Waals surface area contributed by atoms with Crippen molar-refractivity contribution in [2.45, 2.75) is 50.2 Å². The summed E-state index contributed by atoms with van der Waals surface area (Å²) in [6, 6.07) is 17.3. The summed E-state index contributed by atoms with van der Waals surface area (Å²) in [7, 11) is 4.07. The van der Waals surface area contributed by atoms with Crippen LogP contribution >= 0.6 is 11.8 Å². The first-order valence-corrected chi connectivity index (χ1v) is 12.1. The van der Waals surface area contributed by atoms with Crippen LogP contribution in [0.3, 0.4) is 0 Å². The SMILES string of the molecule is CC[C@@H](c1nnc(S[C@H](C)C(=O)Nc2ccc(NC(C)=O)cc2)n1Cc1ccccc1)N(C)C. The van der Waals surface area contributed by atoms with E-state index in [1.807, 2.05) is 39.2 Å². The third-order valence-electron chi connectivity index (χ3n) is 5.36. The van der Waals surface area contributed by atoms with Crippen molar-refractivity contribution in [3.8, 4) is 0 Å². The van der Waals surface area contributed by atoms with Crippen molar-refractivity contribution >= 4 is 35.0 Å². The zero-order valence-corrected chi connectivity index (χ0v) is 21.1. The Morgan fingerprint density at radius 2 is 1.62 bits per heavy atom. The molecule has 0 radical (unpaired) electrons. The number of carbonyl (C=O) groups is 2. The molecule has 0 spiro atoms. The van der Waals surface area contributed by atoms with Gasteiger partial charge in [-0.25, -0.2) is 0 Å². The summed E-state index contributed by atoms with van der Waals surface area (Å²) in [6.45, 7) is 6.08. The Hall–Kier alpha value is -3.17. The van der Waals surface area contributed by atoms with Crippen molar-refractivity contribution in [1.29, 1.82) is 0 Å². The van der Waals surface area contributed by atoms with E-state index in [9.17, 15) is 9.59 Å². The highest BCUT2D eigenvalue weighted by Crippen LogP contribution is 2.29. The summed E-state index contributed by atoms with van der Waals surface area (Å²) < 4.78 is 2.11. The molecule has 0 saturated carbocycles. The number of amides is 2. The number of nitrogens with one attached hydrogen (secondary N) is 2. The lowest BCUT2D eigenvalue weighted by Gasteiger charge is -2.23. The fourth-order valence-corrected chi connectivity index (χ4v) is 4.48. The van der Waals surface area contributed by atoms with Gasteiger partial charge in [0.25, 0.3) is 0 Å². The van der Waals surface area contributed by atoms with Gasteiger partial charge in [0.1, 0.15) is 0 Å². The number of aromatic nitrogens is 3. The summed E-state index contributed by atoms with van der Waals surface area (Å²) in [4.78, 5) is 26.2. The molecule has 2 amide bonds. The van der Waals surface area contributed by atoms with Crippen molar-refractivity contribution in [2.24, 2.45) is 0 Å². The number of hydrogen-bond donors (Lipinski definition) is 2. The normalized spacial score (nSPS) is 12.9. The second-order valence-electron chi connectivity index (χ2n) is 8.31. The Bertz CT molecular complexity index is 1100. The molecule has 3 aromatic rings. The molecule has 1 heterocycles. The molecule has 1 aromatic heterocycles. The third kappa shape index (κ3) is 6.68. The lowest BCUT2D eigenvalue weighted by molar-refractivity contribution is -0.115. The molecular formula is C25H32N6O2S. The van der Waals surface area contributed by atoms with Crippen LogP contribution in [0.1, 0.15) is 44.6 Å². The van der Waals surface area contributed by atoms with E-state index in [2.05, 4.69) is 49.4 Å². The Morgan fingerprint density at radius 1 is 1.00 bits per heavy atom. The molecule has 0 aliphatic carbocycles. The van der Waals surface area contributed by atoms with Gasteiger partial charge in [-0.05, 0) is 57.3 Å². The number of benzene rings is 2. The predicted molar refractivity (Wildman–Crippen MR) is 137 cm³/mol. The second-order valence-corrected chi connectivity index (χ2v) is 9.62. The maximum Gasteiger partial charge on any atom is 0.237 e. The molecular weight excluding hydrogens is 448 g/mol. The molecule has 3 rings (SSSR count). The minimum absolute atomic E-state index is 0.122. The molecule has 0 aliphatic rings. The van der Waals surface area contributed by atoms with E-state index >= 15 is 0 Å². The maximum absolute atomic E-state index is 12.9. The van der Waals surface area contributed by atoms with Gasteiger partial charge in [-0.3, -0.25) is 14.5 Å². The lowest BCUT2D eigenvalue weighted by Crippen LogP contribution is -2.25. The molecule has 0 bridgehead atoms. The average molecular weight is 481 g/mol. The number of anilines is 2. The van der Waals surface area contributed by atoms with Crippen LogP contribution in [0, 0.1) is 0 Å². The molecule has 2 aromatic carbocycles. The van der Waals surface area contributed by atoms with Crippen LogP contribution in [0.2, 0.25) is 0 Å². The third-order valence-corrected chi connectivity index (χ3v) is 6.44. The van der Waals surface area contributed by atoms with E-state index in [-0.39, 0.29) is 23.1 Å². The van der Waals surface area contributed by atoms with Crippen LogP contribution in [0.15, 0.2) is 59.8 Å². The van der Waals surface area contributed by atoms with E-state index in [4.69, 9.17) is 0 Å². The van der Waals surface area contributed by atoms with Crippen molar-refractivity contribution < 1.29 is 9.59 Å². The minimum atomic E-state index is -0.388. The van der Waals surface area contributed by atoms with E-state index < -0.39 is 0 Å². The average Bonchev–Trinajstić information content (AvgIpc) is 3.17. The van der Waals surface area contributed by atoms with Crippen molar-refractivity contribution in [3.63, 3.8) is 0 Å². The molecule has 2 N–H and O–H groups in total. The van der Waals surface area contributed by atoms with Crippen LogP contribution in [0.25, 0.3) is 0 Å². The monoisotopic (exact) mass is 480 g/mol. The molecule has 0 aliphatic heterocycles. The zero-order chi connectivity index (χ0) is 24.7. The van der Waals surface area contributed by atoms with Crippen LogP contribution in [-0.2, 0) is 16.1 Å². The van der Waals surface area contributed by atoms with Crippen molar-refractivity contribution in [3.05, 3.63) is 66.0 Å². The molecule has 34 heavy (non-hydrogen) atoms. The van der Waals surface area contributed by atoms with Crippen LogP contribution in [-0.4, -0.2) is 50.8 Å².